The van der Waals surface area contributed by atoms with Crippen LogP contribution in [0.25, 0.3) is 0 Å². The van der Waals surface area contributed by atoms with Gasteiger partial charge in [0, 0.05) is 18.4 Å². The lowest BCUT2D eigenvalue weighted by molar-refractivity contribution is -0.137. The summed E-state index contributed by atoms with van der Waals surface area (Å²) in [6.07, 6.45) is 3.49. The Balaban J connectivity index is 2.19. The fraction of sp³-hybridized carbons (Fsp3) is 0.462. The van der Waals surface area contributed by atoms with Crippen LogP contribution in [0.3, 0.4) is 0 Å². The summed E-state index contributed by atoms with van der Waals surface area (Å²) in [5, 5.41) is 9.19. The quantitative estimate of drug-likeness (QED) is 0.896. The van der Waals surface area contributed by atoms with Gasteiger partial charge in [0.25, 0.3) is 5.91 Å². The third kappa shape index (κ3) is 3.67. The van der Waals surface area contributed by atoms with Gasteiger partial charge in [-0.05, 0) is 31.7 Å². The first kappa shape index (κ1) is 13.8. The van der Waals surface area contributed by atoms with Crippen molar-refractivity contribution in [3.63, 3.8) is 0 Å². The van der Waals surface area contributed by atoms with E-state index < -0.39 is 5.97 Å². The third-order valence-electron chi connectivity index (χ3n) is 3.01. The molecule has 1 aliphatic carbocycles. The highest BCUT2D eigenvalue weighted by Gasteiger charge is 2.29. The van der Waals surface area contributed by atoms with Gasteiger partial charge in [-0.1, -0.05) is 11.6 Å². The predicted molar refractivity (Wildman–Crippen MR) is 70.2 cm³/mol. The largest absolute Gasteiger partial charge is 0.480 e. The topological polar surface area (TPSA) is 70.5 Å². The van der Waals surface area contributed by atoms with E-state index in [1.165, 1.54) is 11.1 Å². The van der Waals surface area contributed by atoms with Crippen molar-refractivity contribution in [3.05, 3.63) is 28.5 Å². The van der Waals surface area contributed by atoms with E-state index in [1.54, 1.807) is 13.0 Å². The molecule has 6 heteroatoms. The minimum absolute atomic E-state index is 0.258. The molecule has 5 nitrogen and oxygen atoms in total. The summed E-state index contributed by atoms with van der Waals surface area (Å²) < 4.78 is 0. The van der Waals surface area contributed by atoms with Gasteiger partial charge in [-0.15, -0.1) is 0 Å². The molecule has 0 spiro atoms. The summed E-state index contributed by atoms with van der Waals surface area (Å²) in [5.41, 5.74) is 0.975. The summed E-state index contributed by atoms with van der Waals surface area (Å²) in [4.78, 5) is 28.5. The summed E-state index contributed by atoms with van der Waals surface area (Å²) >= 11 is 6.02. The monoisotopic (exact) mass is 282 g/mol. The molecule has 0 radical (unpaired) electrons. The first-order valence-electron chi connectivity index (χ1n) is 6.10. The van der Waals surface area contributed by atoms with Crippen molar-refractivity contribution < 1.29 is 14.7 Å². The van der Waals surface area contributed by atoms with Crippen LogP contribution in [0.5, 0.6) is 0 Å². The molecule has 0 bridgehead atoms. The molecule has 102 valence electrons. The maximum Gasteiger partial charge on any atom is 0.323 e. The number of hydrogen-bond donors (Lipinski definition) is 1. The lowest BCUT2D eigenvalue weighted by atomic mass is 10.2. The molecule has 0 aromatic carbocycles. The highest BCUT2D eigenvalue weighted by atomic mass is 35.5. The Bertz CT molecular complexity index is 515. The minimum atomic E-state index is -1.02. The van der Waals surface area contributed by atoms with Crippen LogP contribution in [0, 0.1) is 12.8 Å². The van der Waals surface area contributed by atoms with Crippen molar-refractivity contribution in [2.24, 2.45) is 5.92 Å². The Morgan fingerprint density at radius 1 is 1.53 bits per heavy atom. The van der Waals surface area contributed by atoms with Crippen molar-refractivity contribution in [1.29, 1.82) is 0 Å². The number of aryl methyl sites for hydroxylation is 1. The van der Waals surface area contributed by atoms with Gasteiger partial charge in [-0.2, -0.15) is 0 Å². The Morgan fingerprint density at radius 2 is 2.21 bits per heavy atom. The molecule has 1 N–H and O–H groups in total. The molecule has 19 heavy (non-hydrogen) atoms. The number of aromatic nitrogens is 1. The Labute approximate surface area is 116 Å². The molecule has 1 saturated carbocycles. The molecule has 0 saturated heterocycles. The van der Waals surface area contributed by atoms with E-state index >= 15 is 0 Å². The molecule has 1 heterocycles. The molecule has 2 rings (SSSR count). The second-order valence-corrected chi connectivity index (χ2v) is 5.24. The normalized spacial score (nSPS) is 14.2. The van der Waals surface area contributed by atoms with E-state index in [0.717, 1.165) is 12.8 Å². The summed E-state index contributed by atoms with van der Waals surface area (Å²) in [5.74, 6) is -0.975. The second kappa shape index (κ2) is 5.57. The lowest BCUT2D eigenvalue weighted by Gasteiger charge is -2.21. The molecule has 1 fully saturated rings. The van der Waals surface area contributed by atoms with Crippen LogP contribution in [-0.2, 0) is 4.79 Å². The molecule has 0 aliphatic heterocycles. The highest BCUT2D eigenvalue weighted by molar-refractivity contribution is 6.33. The zero-order valence-corrected chi connectivity index (χ0v) is 11.4. The van der Waals surface area contributed by atoms with Crippen LogP contribution in [0.1, 0.15) is 28.9 Å². The average molecular weight is 283 g/mol. The van der Waals surface area contributed by atoms with Crippen molar-refractivity contribution >= 4 is 23.5 Å². The maximum absolute atomic E-state index is 12.3. The number of aliphatic carboxylic acids is 1. The smallest absolute Gasteiger partial charge is 0.323 e. The number of carbonyl (C=O) groups is 2. The van der Waals surface area contributed by atoms with E-state index in [0.29, 0.717) is 23.2 Å². The molecule has 1 aromatic rings. The standard InChI is InChI=1S/C13H15ClN2O3/c1-8-4-11(14)10(5-15-8)13(19)16(7-12(17)18)6-9-2-3-9/h4-5,9H,2-3,6-7H2,1H3,(H,17,18). The minimum Gasteiger partial charge on any atom is -0.480 e. The number of carboxylic acids is 1. The van der Waals surface area contributed by atoms with Gasteiger partial charge in [0.2, 0.25) is 0 Å². The van der Waals surface area contributed by atoms with Gasteiger partial charge in [0.05, 0.1) is 10.6 Å². The molecule has 1 amide bonds. The van der Waals surface area contributed by atoms with E-state index in [9.17, 15) is 9.59 Å². The van der Waals surface area contributed by atoms with E-state index in [-0.39, 0.29) is 18.0 Å². The van der Waals surface area contributed by atoms with Crippen LogP contribution in [0.15, 0.2) is 12.3 Å². The Kier molecular flexibility index (Phi) is 4.04. The summed E-state index contributed by atoms with van der Waals surface area (Å²) in [7, 11) is 0. The van der Waals surface area contributed by atoms with Gasteiger partial charge in [-0.3, -0.25) is 14.6 Å². The van der Waals surface area contributed by atoms with Crippen LogP contribution in [-0.4, -0.2) is 40.0 Å². The number of nitrogens with zero attached hydrogens (tertiary/aromatic N) is 2. The molecule has 1 aliphatic rings. The Morgan fingerprint density at radius 3 is 2.74 bits per heavy atom. The van der Waals surface area contributed by atoms with Crippen LogP contribution in [0.2, 0.25) is 5.02 Å². The number of amides is 1. The predicted octanol–water partition coefficient (Wildman–Crippen LogP) is 1.98. The maximum atomic E-state index is 12.3. The summed E-state index contributed by atoms with van der Waals surface area (Å²) in [6, 6.07) is 1.60. The van der Waals surface area contributed by atoms with Crippen molar-refractivity contribution in [2.75, 3.05) is 13.1 Å². The number of carboxylic acid groups (broad SMARTS) is 1. The van der Waals surface area contributed by atoms with Gasteiger partial charge < -0.3 is 10.0 Å². The third-order valence-corrected chi connectivity index (χ3v) is 3.32. The molecule has 0 unspecified atom stereocenters. The highest BCUT2D eigenvalue weighted by Crippen LogP contribution is 2.30. The fourth-order valence-electron chi connectivity index (χ4n) is 1.85. The van der Waals surface area contributed by atoms with Crippen molar-refractivity contribution in [2.45, 2.75) is 19.8 Å². The molecule has 1 aromatic heterocycles. The first-order chi connectivity index (χ1) is 8.97. The number of pyridine rings is 1. The summed E-state index contributed by atoms with van der Waals surface area (Å²) in [6.45, 7) is 1.94. The van der Waals surface area contributed by atoms with Crippen LogP contribution < -0.4 is 0 Å². The van der Waals surface area contributed by atoms with Crippen molar-refractivity contribution in [1.82, 2.24) is 9.88 Å². The average Bonchev–Trinajstić information content (AvgIpc) is 3.10. The first-order valence-corrected chi connectivity index (χ1v) is 6.48. The number of halogens is 1. The van der Waals surface area contributed by atoms with Crippen LogP contribution >= 0.6 is 11.6 Å². The fourth-order valence-corrected chi connectivity index (χ4v) is 2.14. The van der Waals surface area contributed by atoms with Gasteiger partial charge in [0.1, 0.15) is 6.54 Å². The zero-order valence-electron chi connectivity index (χ0n) is 10.6. The zero-order chi connectivity index (χ0) is 14.0. The van der Waals surface area contributed by atoms with E-state index in [1.807, 2.05) is 0 Å². The number of carbonyl (C=O) groups excluding carboxylic acids is 1. The van der Waals surface area contributed by atoms with Crippen LogP contribution in [0.4, 0.5) is 0 Å². The van der Waals surface area contributed by atoms with Crippen molar-refractivity contribution in [3.8, 4) is 0 Å². The second-order valence-electron chi connectivity index (χ2n) is 4.83. The van der Waals surface area contributed by atoms with E-state index in [4.69, 9.17) is 16.7 Å². The van der Waals surface area contributed by atoms with Gasteiger partial charge >= 0.3 is 5.97 Å². The lowest BCUT2D eigenvalue weighted by Crippen LogP contribution is -2.37. The van der Waals surface area contributed by atoms with Gasteiger partial charge in [0.15, 0.2) is 0 Å². The molecular formula is C13H15ClN2O3. The number of hydrogen-bond acceptors (Lipinski definition) is 3. The number of rotatable bonds is 5. The molecular weight excluding hydrogens is 268 g/mol. The SMILES string of the molecule is Cc1cc(Cl)c(C(=O)N(CC(=O)O)CC2CC2)cn1. The van der Waals surface area contributed by atoms with E-state index in [2.05, 4.69) is 4.98 Å². The van der Waals surface area contributed by atoms with Gasteiger partial charge in [-0.25, -0.2) is 0 Å². The Hall–Kier alpha value is -1.62. The molecule has 0 atom stereocenters.